The molecular formula is C16H16BrN3O4. The second-order valence-corrected chi connectivity index (χ2v) is 6.01. The third kappa shape index (κ3) is 3.94. The first-order valence-corrected chi connectivity index (χ1v) is 8.14. The van der Waals surface area contributed by atoms with Crippen LogP contribution in [0.1, 0.15) is 5.56 Å². The molecule has 0 atom stereocenters. The number of fused-ring (bicyclic) bond motifs is 1. The average Bonchev–Trinajstić information content (AvgIpc) is 2.60. The predicted octanol–water partition coefficient (Wildman–Crippen LogP) is 2.19. The summed E-state index contributed by atoms with van der Waals surface area (Å²) in [4.78, 5) is 21.8. The van der Waals surface area contributed by atoms with Crippen LogP contribution in [0.4, 0.5) is 5.95 Å². The second-order valence-electron chi connectivity index (χ2n) is 5.15. The number of hydrogen-bond donors (Lipinski definition) is 0. The molecule has 3 rings (SSSR count). The number of nitrogens with zero attached hydrogens (tertiary/aromatic N) is 3. The van der Waals surface area contributed by atoms with Gasteiger partial charge in [-0.2, -0.15) is 0 Å². The lowest BCUT2D eigenvalue weighted by Crippen LogP contribution is -2.28. The summed E-state index contributed by atoms with van der Waals surface area (Å²) in [5, 5.41) is 0. The summed E-state index contributed by atoms with van der Waals surface area (Å²) in [6, 6.07) is 5.35. The molecule has 1 aromatic carbocycles. The van der Waals surface area contributed by atoms with Gasteiger partial charge in [0.2, 0.25) is 5.95 Å². The topological polar surface area (TPSA) is 73.8 Å². The number of likely N-dealkylation sites (N-methyl/N-ethyl adjacent to an activating group) is 1. The molecule has 2 aromatic rings. The van der Waals surface area contributed by atoms with Crippen LogP contribution >= 0.6 is 15.9 Å². The Morgan fingerprint density at radius 2 is 1.92 bits per heavy atom. The van der Waals surface area contributed by atoms with E-state index in [0.717, 1.165) is 10.0 Å². The lowest BCUT2D eigenvalue weighted by Gasteiger charge is -2.20. The summed E-state index contributed by atoms with van der Waals surface area (Å²) in [5.41, 5.74) is 0.811. The Morgan fingerprint density at radius 3 is 2.62 bits per heavy atom. The number of ether oxygens (including phenoxy) is 3. The van der Waals surface area contributed by atoms with Crippen LogP contribution in [0, 0.1) is 0 Å². The molecule has 1 aromatic heterocycles. The molecule has 24 heavy (non-hydrogen) atoms. The van der Waals surface area contributed by atoms with Crippen molar-refractivity contribution < 1.29 is 19.0 Å². The molecule has 2 heterocycles. The van der Waals surface area contributed by atoms with Gasteiger partial charge in [0.05, 0.1) is 0 Å². The van der Waals surface area contributed by atoms with Gasteiger partial charge in [0, 0.05) is 29.5 Å². The molecular weight excluding hydrogens is 378 g/mol. The SMILES string of the molecule is CN(CC(=O)OCc1cc2c(cc1Br)OCCO2)c1ncccn1. The molecule has 7 nitrogen and oxygen atoms in total. The Kier molecular flexibility index (Phi) is 5.14. The molecule has 0 saturated heterocycles. The van der Waals surface area contributed by atoms with E-state index in [9.17, 15) is 4.79 Å². The smallest absolute Gasteiger partial charge is 0.325 e. The van der Waals surface area contributed by atoms with Crippen LogP contribution in [-0.2, 0) is 16.1 Å². The van der Waals surface area contributed by atoms with Crippen LogP contribution in [0.3, 0.4) is 0 Å². The molecule has 1 aliphatic heterocycles. The zero-order valence-electron chi connectivity index (χ0n) is 13.1. The lowest BCUT2D eigenvalue weighted by atomic mass is 10.2. The van der Waals surface area contributed by atoms with Gasteiger partial charge in [0.25, 0.3) is 0 Å². The number of carbonyl (C=O) groups is 1. The number of halogens is 1. The first kappa shape index (κ1) is 16.5. The third-order valence-corrected chi connectivity index (χ3v) is 4.10. The maximum atomic E-state index is 12.0. The molecule has 126 valence electrons. The molecule has 0 amide bonds. The predicted molar refractivity (Wildman–Crippen MR) is 90.2 cm³/mol. The fourth-order valence-corrected chi connectivity index (χ4v) is 2.61. The molecule has 0 radical (unpaired) electrons. The van der Waals surface area contributed by atoms with Crippen LogP contribution in [0.5, 0.6) is 11.5 Å². The van der Waals surface area contributed by atoms with E-state index in [-0.39, 0.29) is 19.1 Å². The van der Waals surface area contributed by atoms with Crippen LogP contribution < -0.4 is 14.4 Å². The van der Waals surface area contributed by atoms with Crippen LogP contribution in [-0.4, -0.2) is 42.7 Å². The average molecular weight is 394 g/mol. The standard InChI is InChI=1S/C16H16BrN3O4/c1-20(16-18-3-2-4-19-16)9-15(21)24-10-11-7-13-14(8-12(11)17)23-6-5-22-13/h2-4,7-8H,5-6,9-10H2,1H3. The maximum absolute atomic E-state index is 12.0. The Hall–Kier alpha value is -2.35. The fraction of sp³-hybridized carbons (Fsp3) is 0.312. The first-order chi connectivity index (χ1) is 11.6. The normalized spacial score (nSPS) is 12.6. The molecule has 0 N–H and O–H groups in total. The van der Waals surface area contributed by atoms with Crippen molar-refractivity contribution in [1.29, 1.82) is 0 Å². The molecule has 1 aliphatic rings. The summed E-state index contributed by atoms with van der Waals surface area (Å²) in [7, 11) is 1.73. The quantitative estimate of drug-likeness (QED) is 0.720. The maximum Gasteiger partial charge on any atom is 0.325 e. The molecule has 0 saturated carbocycles. The minimum atomic E-state index is -0.369. The summed E-state index contributed by atoms with van der Waals surface area (Å²) >= 11 is 3.46. The number of carbonyl (C=O) groups excluding carboxylic acids is 1. The van der Waals surface area contributed by atoms with E-state index < -0.39 is 0 Å². The van der Waals surface area contributed by atoms with E-state index in [0.29, 0.717) is 30.7 Å². The van der Waals surface area contributed by atoms with Crippen LogP contribution in [0.25, 0.3) is 0 Å². The van der Waals surface area contributed by atoms with Gasteiger partial charge in [-0.1, -0.05) is 15.9 Å². The highest BCUT2D eigenvalue weighted by Gasteiger charge is 2.16. The Bertz CT molecular complexity index is 727. The van der Waals surface area contributed by atoms with Crippen molar-refractivity contribution in [2.24, 2.45) is 0 Å². The highest BCUT2D eigenvalue weighted by Crippen LogP contribution is 2.35. The van der Waals surface area contributed by atoms with Crippen molar-refractivity contribution in [3.63, 3.8) is 0 Å². The molecule has 0 bridgehead atoms. The van der Waals surface area contributed by atoms with Gasteiger partial charge < -0.3 is 19.1 Å². The molecule has 0 fully saturated rings. The van der Waals surface area contributed by atoms with E-state index in [1.807, 2.05) is 12.1 Å². The van der Waals surface area contributed by atoms with E-state index in [2.05, 4.69) is 25.9 Å². The van der Waals surface area contributed by atoms with Crippen molar-refractivity contribution in [1.82, 2.24) is 9.97 Å². The summed E-state index contributed by atoms with van der Waals surface area (Å²) in [5.74, 6) is 1.44. The minimum Gasteiger partial charge on any atom is -0.486 e. The first-order valence-electron chi connectivity index (χ1n) is 7.35. The third-order valence-electron chi connectivity index (χ3n) is 3.36. The monoisotopic (exact) mass is 393 g/mol. The molecule has 0 aliphatic carbocycles. The largest absolute Gasteiger partial charge is 0.486 e. The van der Waals surface area contributed by atoms with Crippen molar-refractivity contribution in [2.45, 2.75) is 6.61 Å². The lowest BCUT2D eigenvalue weighted by molar-refractivity contribution is -0.143. The summed E-state index contributed by atoms with van der Waals surface area (Å²) in [6.45, 7) is 1.24. The highest BCUT2D eigenvalue weighted by molar-refractivity contribution is 9.10. The number of hydrogen-bond acceptors (Lipinski definition) is 7. The Balaban J connectivity index is 1.58. The van der Waals surface area contributed by atoms with Crippen LogP contribution in [0.15, 0.2) is 35.1 Å². The summed E-state index contributed by atoms with van der Waals surface area (Å²) in [6.07, 6.45) is 3.24. The van der Waals surface area contributed by atoms with Crippen molar-refractivity contribution in [3.05, 3.63) is 40.6 Å². The number of anilines is 1. The fourth-order valence-electron chi connectivity index (χ4n) is 2.17. The van der Waals surface area contributed by atoms with E-state index in [1.54, 1.807) is 30.4 Å². The van der Waals surface area contributed by atoms with Gasteiger partial charge >= 0.3 is 5.97 Å². The summed E-state index contributed by atoms with van der Waals surface area (Å²) < 4.78 is 17.2. The van der Waals surface area contributed by atoms with Gasteiger partial charge in [0.1, 0.15) is 26.4 Å². The van der Waals surface area contributed by atoms with Crippen molar-refractivity contribution in [2.75, 3.05) is 31.7 Å². The number of benzene rings is 1. The minimum absolute atomic E-state index is 0.0617. The van der Waals surface area contributed by atoms with Gasteiger partial charge in [-0.05, 0) is 18.2 Å². The van der Waals surface area contributed by atoms with Crippen molar-refractivity contribution in [3.8, 4) is 11.5 Å². The zero-order chi connectivity index (χ0) is 16.9. The van der Waals surface area contributed by atoms with Crippen LogP contribution in [0.2, 0.25) is 0 Å². The molecule has 0 unspecified atom stereocenters. The van der Waals surface area contributed by atoms with E-state index in [4.69, 9.17) is 14.2 Å². The van der Waals surface area contributed by atoms with Gasteiger partial charge in [0.15, 0.2) is 11.5 Å². The van der Waals surface area contributed by atoms with Crippen molar-refractivity contribution >= 4 is 27.8 Å². The molecule has 0 spiro atoms. The van der Waals surface area contributed by atoms with E-state index >= 15 is 0 Å². The Morgan fingerprint density at radius 1 is 1.25 bits per heavy atom. The van der Waals surface area contributed by atoms with Gasteiger partial charge in [-0.15, -0.1) is 0 Å². The Labute approximate surface area is 147 Å². The van der Waals surface area contributed by atoms with E-state index in [1.165, 1.54) is 0 Å². The number of rotatable bonds is 5. The second kappa shape index (κ2) is 7.48. The zero-order valence-corrected chi connectivity index (χ0v) is 14.7. The highest BCUT2D eigenvalue weighted by atomic mass is 79.9. The molecule has 8 heteroatoms. The number of esters is 1. The number of aromatic nitrogens is 2. The van der Waals surface area contributed by atoms with Gasteiger partial charge in [-0.25, -0.2) is 9.97 Å². The van der Waals surface area contributed by atoms with Gasteiger partial charge in [-0.3, -0.25) is 4.79 Å².